The van der Waals surface area contributed by atoms with Crippen LogP contribution in [0.25, 0.3) is 0 Å². The van der Waals surface area contributed by atoms with Gasteiger partial charge >= 0.3 is 0 Å². The number of anilines is 2. The molecule has 16 heavy (non-hydrogen) atoms. The number of aliphatic hydroxyl groups excluding tert-OH is 2. The number of aliphatic hydroxyl groups is 2. The Balaban J connectivity index is 2.63. The molecule has 6 N–H and O–H groups in total. The van der Waals surface area contributed by atoms with Gasteiger partial charge < -0.3 is 21.7 Å². The third-order valence-electron chi connectivity index (χ3n) is 2.60. The first-order valence-corrected chi connectivity index (χ1v) is 5.49. The van der Waals surface area contributed by atoms with Crippen LogP contribution >= 0.6 is 0 Å². The van der Waals surface area contributed by atoms with Gasteiger partial charge in [0.2, 0.25) is 0 Å². The summed E-state index contributed by atoms with van der Waals surface area (Å²) < 4.78 is 1.73. The van der Waals surface area contributed by atoms with Gasteiger partial charge in [0, 0.05) is 13.2 Å². The van der Waals surface area contributed by atoms with Crippen molar-refractivity contribution < 1.29 is 10.2 Å². The van der Waals surface area contributed by atoms with Crippen LogP contribution in [0, 0.1) is 0 Å². The van der Waals surface area contributed by atoms with E-state index >= 15 is 0 Å². The molecule has 0 radical (unpaired) electrons. The van der Waals surface area contributed by atoms with Gasteiger partial charge in [-0.15, -0.1) is 0 Å². The Labute approximate surface area is 94.9 Å². The van der Waals surface area contributed by atoms with Crippen LogP contribution in [0.4, 0.5) is 11.5 Å². The lowest BCUT2D eigenvalue weighted by Crippen LogP contribution is -2.15. The van der Waals surface area contributed by atoms with E-state index in [0.717, 1.165) is 12.1 Å². The Morgan fingerprint density at radius 3 is 2.62 bits per heavy atom. The third kappa shape index (κ3) is 2.86. The van der Waals surface area contributed by atoms with E-state index in [-0.39, 0.29) is 6.61 Å². The number of aryl methyl sites for hydroxylation is 1. The molecule has 0 aliphatic carbocycles. The molecule has 1 atom stereocenters. The number of nitrogens with two attached hydrogens (primary N) is 2. The van der Waals surface area contributed by atoms with Crippen molar-refractivity contribution in [3.05, 3.63) is 5.69 Å². The van der Waals surface area contributed by atoms with E-state index in [1.165, 1.54) is 0 Å². The van der Waals surface area contributed by atoms with Crippen molar-refractivity contribution in [1.82, 2.24) is 9.78 Å². The van der Waals surface area contributed by atoms with Gasteiger partial charge in [0.25, 0.3) is 0 Å². The highest BCUT2D eigenvalue weighted by molar-refractivity contribution is 5.61. The standard InChI is InChI=1S/C10H20N4O2/c1-2-8-9(11)10(12)13-14(8)5-3-7(16)4-6-15/h7,15-16H,2-6,11H2,1H3,(H2,12,13). The first kappa shape index (κ1) is 12.8. The van der Waals surface area contributed by atoms with E-state index in [2.05, 4.69) is 5.10 Å². The molecule has 1 heterocycles. The zero-order chi connectivity index (χ0) is 12.1. The number of nitrogen functional groups attached to an aromatic ring is 2. The van der Waals surface area contributed by atoms with Crippen molar-refractivity contribution in [3.63, 3.8) is 0 Å². The molecule has 0 fully saturated rings. The summed E-state index contributed by atoms with van der Waals surface area (Å²) in [7, 11) is 0. The summed E-state index contributed by atoms with van der Waals surface area (Å²) in [6, 6.07) is 0. The Morgan fingerprint density at radius 2 is 2.06 bits per heavy atom. The minimum Gasteiger partial charge on any atom is -0.396 e. The summed E-state index contributed by atoms with van der Waals surface area (Å²) in [5.74, 6) is 0.341. The van der Waals surface area contributed by atoms with Crippen LogP contribution in [-0.2, 0) is 13.0 Å². The van der Waals surface area contributed by atoms with Crippen LogP contribution in [0.2, 0.25) is 0 Å². The number of nitrogens with zero attached hydrogens (tertiary/aromatic N) is 2. The Bertz CT molecular complexity index is 338. The highest BCUT2D eigenvalue weighted by Gasteiger charge is 2.12. The fourth-order valence-electron chi connectivity index (χ4n) is 1.65. The van der Waals surface area contributed by atoms with Gasteiger partial charge in [0.1, 0.15) is 0 Å². The Hall–Kier alpha value is -1.27. The molecule has 1 rings (SSSR count). The van der Waals surface area contributed by atoms with Crippen LogP contribution in [0.5, 0.6) is 0 Å². The third-order valence-corrected chi connectivity index (χ3v) is 2.60. The van der Waals surface area contributed by atoms with Gasteiger partial charge in [-0.2, -0.15) is 5.10 Å². The molecule has 6 nitrogen and oxygen atoms in total. The molecule has 1 unspecified atom stereocenters. The minimum absolute atomic E-state index is 0.00874. The average Bonchev–Trinajstić information content (AvgIpc) is 2.52. The van der Waals surface area contributed by atoms with Crippen molar-refractivity contribution in [2.24, 2.45) is 0 Å². The zero-order valence-electron chi connectivity index (χ0n) is 9.56. The molecule has 92 valence electrons. The molecule has 0 amide bonds. The van der Waals surface area contributed by atoms with Crippen molar-refractivity contribution in [1.29, 1.82) is 0 Å². The molecule has 0 saturated heterocycles. The second kappa shape index (κ2) is 5.72. The van der Waals surface area contributed by atoms with E-state index < -0.39 is 6.10 Å². The lowest BCUT2D eigenvalue weighted by molar-refractivity contribution is 0.119. The Kier molecular flexibility index (Phi) is 4.57. The zero-order valence-corrected chi connectivity index (χ0v) is 9.56. The maximum Gasteiger partial charge on any atom is 0.169 e. The predicted octanol–water partition coefficient (Wildman–Crippen LogP) is -0.257. The average molecular weight is 228 g/mol. The highest BCUT2D eigenvalue weighted by atomic mass is 16.3. The number of hydrogen-bond acceptors (Lipinski definition) is 5. The molecule has 0 aromatic carbocycles. The van der Waals surface area contributed by atoms with Gasteiger partial charge in [0.15, 0.2) is 5.82 Å². The summed E-state index contributed by atoms with van der Waals surface area (Å²) in [4.78, 5) is 0. The quantitative estimate of drug-likeness (QED) is 0.536. The topological polar surface area (TPSA) is 110 Å². The van der Waals surface area contributed by atoms with Crippen molar-refractivity contribution >= 4 is 11.5 Å². The maximum atomic E-state index is 9.49. The molecule has 0 aliphatic heterocycles. The van der Waals surface area contributed by atoms with Crippen LogP contribution in [0.15, 0.2) is 0 Å². The van der Waals surface area contributed by atoms with Gasteiger partial charge in [-0.25, -0.2) is 0 Å². The van der Waals surface area contributed by atoms with Gasteiger partial charge in [-0.3, -0.25) is 4.68 Å². The largest absolute Gasteiger partial charge is 0.396 e. The molecule has 1 aromatic heterocycles. The SMILES string of the molecule is CCc1c(N)c(N)nn1CCC(O)CCO. The number of rotatable bonds is 6. The lowest BCUT2D eigenvalue weighted by Gasteiger charge is -2.10. The monoisotopic (exact) mass is 228 g/mol. The van der Waals surface area contributed by atoms with E-state index in [9.17, 15) is 5.11 Å². The minimum atomic E-state index is -0.513. The fourth-order valence-corrected chi connectivity index (χ4v) is 1.65. The fraction of sp³-hybridized carbons (Fsp3) is 0.700. The van der Waals surface area contributed by atoms with Crippen LogP contribution in [0.1, 0.15) is 25.5 Å². The highest BCUT2D eigenvalue weighted by Crippen LogP contribution is 2.20. The summed E-state index contributed by atoms with van der Waals surface area (Å²) in [6.07, 6.45) is 1.16. The van der Waals surface area contributed by atoms with Crippen LogP contribution < -0.4 is 11.5 Å². The molecule has 0 aliphatic rings. The van der Waals surface area contributed by atoms with Gasteiger partial charge in [0.05, 0.1) is 17.5 Å². The van der Waals surface area contributed by atoms with Crippen molar-refractivity contribution in [3.8, 4) is 0 Å². The smallest absolute Gasteiger partial charge is 0.169 e. The second-order valence-electron chi connectivity index (χ2n) is 3.78. The van der Waals surface area contributed by atoms with Crippen LogP contribution in [0.3, 0.4) is 0 Å². The summed E-state index contributed by atoms with van der Waals surface area (Å²) in [6.45, 7) is 2.53. The summed E-state index contributed by atoms with van der Waals surface area (Å²) >= 11 is 0. The molecule has 0 saturated carbocycles. The molecule has 6 heteroatoms. The van der Waals surface area contributed by atoms with Crippen LogP contribution in [-0.4, -0.2) is 32.7 Å². The maximum absolute atomic E-state index is 9.49. The summed E-state index contributed by atoms with van der Waals surface area (Å²) in [5, 5.41) is 22.3. The summed E-state index contributed by atoms with van der Waals surface area (Å²) in [5.41, 5.74) is 12.8. The molecular formula is C10H20N4O2. The van der Waals surface area contributed by atoms with E-state index in [4.69, 9.17) is 16.6 Å². The molecule has 1 aromatic rings. The van der Waals surface area contributed by atoms with Crippen molar-refractivity contribution in [2.45, 2.75) is 38.8 Å². The lowest BCUT2D eigenvalue weighted by atomic mass is 10.2. The first-order chi connectivity index (χ1) is 7.60. The van der Waals surface area contributed by atoms with Gasteiger partial charge in [-0.1, -0.05) is 6.92 Å². The second-order valence-corrected chi connectivity index (χ2v) is 3.78. The molecule has 0 bridgehead atoms. The first-order valence-electron chi connectivity index (χ1n) is 5.49. The van der Waals surface area contributed by atoms with E-state index in [0.29, 0.717) is 30.9 Å². The predicted molar refractivity (Wildman–Crippen MR) is 62.8 cm³/mol. The molecular weight excluding hydrogens is 208 g/mol. The number of hydrogen-bond donors (Lipinski definition) is 4. The van der Waals surface area contributed by atoms with Crippen molar-refractivity contribution in [2.75, 3.05) is 18.1 Å². The van der Waals surface area contributed by atoms with E-state index in [1.807, 2.05) is 6.92 Å². The number of aromatic nitrogens is 2. The van der Waals surface area contributed by atoms with Gasteiger partial charge in [-0.05, 0) is 19.3 Å². The molecule has 0 spiro atoms. The Morgan fingerprint density at radius 1 is 1.38 bits per heavy atom. The van der Waals surface area contributed by atoms with E-state index in [1.54, 1.807) is 4.68 Å². The normalized spacial score (nSPS) is 12.9.